The highest BCUT2D eigenvalue weighted by molar-refractivity contribution is 5.87. The fourth-order valence-electron chi connectivity index (χ4n) is 1.37. The maximum atomic E-state index is 13.5. The second-order valence-electron chi connectivity index (χ2n) is 3.37. The molecule has 0 fully saturated rings. The van der Waals surface area contributed by atoms with Crippen molar-refractivity contribution in [2.45, 2.75) is 6.92 Å². The lowest BCUT2D eigenvalue weighted by Crippen LogP contribution is -2.28. The van der Waals surface area contributed by atoms with E-state index in [1.165, 1.54) is 6.07 Å². The van der Waals surface area contributed by atoms with Crippen LogP contribution in [-0.2, 0) is 4.79 Å². The fraction of sp³-hybridized carbons (Fsp3) is 0.250. The zero-order chi connectivity index (χ0) is 12.1. The van der Waals surface area contributed by atoms with Gasteiger partial charge in [-0.2, -0.15) is 0 Å². The summed E-state index contributed by atoms with van der Waals surface area (Å²) in [6.07, 6.45) is 0. The van der Waals surface area contributed by atoms with Gasteiger partial charge in [0.2, 0.25) is 0 Å². The lowest BCUT2D eigenvalue weighted by Gasteiger charge is -2.23. The zero-order valence-electron chi connectivity index (χ0n) is 9.11. The van der Waals surface area contributed by atoms with Crippen LogP contribution in [0.15, 0.2) is 36.4 Å². The van der Waals surface area contributed by atoms with E-state index < -0.39 is 5.97 Å². The second-order valence-corrected chi connectivity index (χ2v) is 3.37. The average Bonchev–Trinajstić information content (AvgIpc) is 2.26. The monoisotopic (exact) mass is 223 g/mol. The van der Waals surface area contributed by atoms with Crippen LogP contribution in [0.4, 0.5) is 10.1 Å². The molecule has 0 spiro atoms. The van der Waals surface area contributed by atoms with Gasteiger partial charge < -0.3 is 10.0 Å². The summed E-state index contributed by atoms with van der Waals surface area (Å²) in [5.41, 5.74) is 0.442. The number of halogens is 1. The minimum atomic E-state index is -1.06. The summed E-state index contributed by atoms with van der Waals surface area (Å²) < 4.78 is 13.5. The molecule has 1 N–H and O–H groups in total. The van der Waals surface area contributed by atoms with Gasteiger partial charge >= 0.3 is 5.97 Å². The molecule has 0 unspecified atom stereocenters. The molecule has 0 heterocycles. The third-order valence-electron chi connectivity index (χ3n) is 2.26. The quantitative estimate of drug-likeness (QED) is 0.778. The largest absolute Gasteiger partial charge is 0.478 e. The minimum absolute atomic E-state index is 0.0464. The van der Waals surface area contributed by atoms with Gasteiger partial charge in [0.15, 0.2) is 0 Å². The molecule has 3 nitrogen and oxygen atoms in total. The summed E-state index contributed by atoms with van der Waals surface area (Å²) in [4.78, 5) is 12.3. The number of benzene rings is 1. The van der Waals surface area contributed by atoms with Crippen molar-refractivity contribution in [3.05, 3.63) is 42.2 Å². The highest BCUT2D eigenvalue weighted by Crippen LogP contribution is 2.19. The first-order valence-electron chi connectivity index (χ1n) is 4.96. The van der Waals surface area contributed by atoms with E-state index in [4.69, 9.17) is 5.11 Å². The molecule has 1 aromatic carbocycles. The zero-order valence-corrected chi connectivity index (χ0v) is 9.11. The lowest BCUT2D eigenvalue weighted by atomic mass is 10.2. The van der Waals surface area contributed by atoms with E-state index in [0.29, 0.717) is 12.2 Å². The van der Waals surface area contributed by atoms with E-state index in [-0.39, 0.29) is 17.9 Å². The number of rotatable bonds is 5. The smallest absolute Gasteiger partial charge is 0.332 e. The molecule has 0 aliphatic rings. The summed E-state index contributed by atoms with van der Waals surface area (Å²) in [5, 5.41) is 8.72. The van der Waals surface area contributed by atoms with Crippen molar-refractivity contribution in [3.8, 4) is 0 Å². The van der Waals surface area contributed by atoms with Crippen LogP contribution < -0.4 is 4.90 Å². The van der Waals surface area contributed by atoms with Crippen molar-refractivity contribution in [2.75, 3.05) is 18.0 Å². The maximum Gasteiger partial charge on any atom is 0.332 e. The van der Waals surface area contributed by atoms with Crippen molar-refractivity contribution >= 4 is 11.7 Å². The molecule has 0 aromatic heterocycles. The number of carboxylic acids is 1. The summed E-state index contributed by atoms with van der Waals surface area (Å²) in [7, 11) is 0. The van der Waals surface area contributed by atoms with E-state index in [1.54, 1.807) is 23.1 Å². The van der Waals surface area contributed by atoms with Crippen LogP contribution in [0, 0.1) is 5.82 Å². The van der Waals surface area contributed by atoms with Gasteiger partial charge in [0.25, 0.3) is 0 Å². The van der Waals surface area contributed by atoms with Gasteiger partial charge in [0, 0.05) is 18.7 Å². The normalized spacial score (nSPS) is 9.88. The number of carbonyl (C=O) groups is 1. The molecular weight excluding hydrogens is 209 g/mol. The number of aliphatic carboxylic acids is 1. The number of likely N-dealkylation sites (N-methyl/N-ethyl adjacent to an activating group) is 1. The van der Waals surface area contributed by atoms with Gasteiger partial charge in [-0.05, 0) is 19.1 Å². The Morgan fingerprint density at radius 2 is 2.12 bits per heavy atom. The van der Waals surface area contributed by atoms with Crippen molar-refractivity contribution < 1.29 is 14.3 Å². The number of hydrogen-bond donors (Lipinski definition) is 1. The van der Waals surface area contributed by atoms with Gasteiger partial charge in [0.05, 0.1) is 5.69 Å². The summed E-state index contributed by atoms with van der Waals surface area (Å²) >= 11 is 0. The Bertz CT molecular complexity index is 404. The molecule has 0 atom stereocenters. The molecular formula is C12H14FNO2. The molecule has 86 valence electrons. The van der Waals surface area contributed by atoms with Crippen LogP contribution in [0.2, 0.25) is 0 Å². The van der Waals surface area contributed by atoms with Crippen molar-refractivity contribution in [2.24, 2.45) is 0 Å². The molecule has 1 rings (SSSR count). The van der Waals surface area contributed by atoms with Gasteiger partial charge in [0.1, 0.15) is 5.82 Å². The average molecular weight is 223 g/mol. The summed E-state index contributed by atoms with van der Waals surface area (Å²) in [6, 6.07) is 6.28. The third-order valence-corrected chi connectivity index (χ3v) is 2.26. The first-order chi connectivity index (χ1) is 7.56. The summed E-state index contributed by atoms with van der Waals surface area (Å²) in [5.74, 6) is -1.42. The second kappa shape index (κ2) is 5.30. The standard InChI is InChI=1S/C12H14FNO2/c1-3-14(8-9(2)12(15)16)11-7-5-4-6-10(11)13/h4-7H,2-3,8H2,1H3,(H,15,16). The molecule has 0 radical (unpaired) electrons. The van der Waals surface area contributed by atoms with E-state index in [0.717, 1.165) is 0 Å². The predicted octanol–water partition coefficient (Wildman–Crippen LogP) is 2.29. The molecule has 1 aromatic rings. The van der Waals surface area contributed by atoms with Crippen LogP contribution in [0.25, 0.3) is 0 Å². The first-order valence-corrected chi connectivity index (χ1v) is 4.96. The van der Waals surface area contributed by atoms with Crippen LogP contribution >= 0.6 is 0 Å². The Balaban J connectivity index is 2.87. The Kier molecular flexibility index (Phi) is 4.05. The lowest BCUT2D eigenvalue weighted by molar-refractivity contribution is -0.132. The first kappa shape index (κ1) is 12.2. The highest BCUT2D eigenvalue weighted by atomic mass is 19.1. The Morgan fingerprint density at radius 1 is 1.50 bits per heavy atom. The molecule has 0 saturated carbocycles. The third kappa shape index (κ3) is 2.82. The molecule has 0 saturated heterocycles. The van der Waals surface area contributed by atoms with E-state index >= 15 is 0 Å². The van der Waals surface area contributed by atoms with Crippen molar-refractivity contribution in [1.82, 2.24) is 0 Å². The van der Waals surface area contributed by atoms with E-state index in [2.05, 4.69) is 6.58 Å². The topological polar surface area (TPSA) is 40.5 Å². The summed E-state index contributed by atoms with van der Waals surface area (Å²) in [6.45, 7) is 5.91. The van der Waals surface area contributed by atoms with Gasteiger partial charge in [-0.25, -0.2) is 9.18 Å². The molecule has 4 heteroatoms. The van der Waals surface area contributed by atoms with Crippen LogP contribution in [0.5, 0.6) is 0 Å². The Labute approximate surface area is 93.8 Å². The van der Waals surface area contributed by atoms with Crippen molar-refractivity contribution in [1.29, 1.82) is 0 Å². The number of nitrogens with zero attached hydrogens (tertiary/aromatic N) is 1. The van der Waals surface area contributed by atoms with Crippen molar-refractivity contribution in [3.63, 3.8) is 0 Å². The molecule has 0 aliphatic heterocycles. The van der Waals surface area contributed by atoms with Crippen LogP contribution in [-0.4, -0.2) is 24.2 Å². The number of para-hydroxylation sites is 1. The molecule has 0 aliphatic carbocycles. The Hall–Kier alpha value is -1.84. The molecule has 0 bridgehead atoms. The van der Waals surface area contributed by atoms with Crippen LogP contribution in [0.3, 0.4) is 0 Å². The highest BCUT2D eigenvalue weighted by Gasteiger charge is 2.13. The van der Waals surface area contributed by atoms with Gasteiger partial charge in [-0.15, -0.1) is 0 Å². The van der Waals surface area contributed by atoms with E-state index in [9.17, 15) is 9.18 Å². The van der Waals surface area contributed by atoms with E-state index in [1.807, 2.05) is 6.92 Å². The number of anilines is 1. The Morgan fingerprint density at radius 3 is 2.62 bits per heavy atom. The number of hydrogen-bond acceptors (Lipinski definition) is 2. The number of carboxylic acid groups (broad SMARTS) is 1. The van der Waals surface area contributed by atoms with Crippen LogP contribution in [0.1, 0.15) is 6.92 Å². The fourth-order valence-corrected chi connectivity index (χ4v) is 1.37. The van der Waals surface area contributed by atoms with Gasteiger partial charge in [-0.1, -0.05) is 18.7 Å². The molecule has 0 amide bonds. The molecule has 16 heavy (non-hydrogen) atoms. The maximum absolute atomic E-state index is 13.5. The minimum Gasteiger partial charge on any atom is -0.478 e. The predicted molar refractivity (Wildman–Crippen MR) is 61.1 cm³/mol. The SMILES string of the molecule is C=C(CN(CC)c1ccccc1F)C(=O)O. The van der Waals surface area contributed by atoms with Gasteiger partial charge in [-0.3, -0.25) is 0 Å².